The zero-order valence-corrected chi connectivity index (χ0v) is 12.3. The van der Waals surface area contributed by atoms with Crippen LogP contribution in [0.15, 0.2) is 60.8 Å². The van der Waals surface area contributed by atoms with Crippen LogP contribution in [-0.4, -0.2) is 14.9 Å². The second-order valence-electron chi connectivity index (χ2n) is 4.91. The van der Waals surface area contributed by atoms with Gasteiger partial charge >= 0.3 is 0 Å². The Labute approximate surface area is 128 Å². The van der Waals surface area contributed by atoms with Crippen molar-refractivity contribution in [1.82, 2.24) is 9.78 Å². The lowest BCUT2D eigenvalue weighted by molar-refractivity contribution is 0.212. The van der Waals surface area contributed by atoms with Crippen molar-refractivity contribution in [2.75, 3.05) is 0 Å². The van der Waals surface area contributed by atoms with E-state index < -0.39 is 6.10 Å². The van der Waals surface area contributed by atoms with Gasteiger partial charge in [0.2, 0.25) is 0 Å². The fourth-order valence-electron chi connectivity index (χ4n) is 2.31. The van der Waals surface area contributed by atoms with Crippen LogP contribution < -0.4 is 0 Å². The van der Waals surface area contributed by atoms with Crippen LogP contribution in [0, 0.1) is 6.92 Å². The highest BCUT2D eigenvalue weighted by atomic mass is 35.5. The summed E-state index contributed by atoms with van der Waals surface area (Å²) in [5.74, 6) is 0. The van der Waals surface area contributed by atoms with E-state index in [0.29, 0.717) is 5.02 Å². The summed E-state index contributed by atoms with van der Waals surface area (Å²) in [4.78, 5) is 0. The first kappa shape index (κ1) is 13.9. The number of nitrogens with zero attached hydrogens (tertiary/aromatic N) is 2. The molecule has 0 radical (unpaired) electrons. The average Bonchev–Trinajstić information content (AvgIpc) is 2.99. The largest absolute Gasteiger partial charge is 0.382 e. The van der Waals surface area contributed by atoms with Gasteiger partial charge in [-0.15, -0.1) is 0 Å². The minimum atomic E-state index is -0.747. The molecule has 3 nitrogen and oxygen atoms in total. The van der Waals surface area contributed by atoms with Crippen molar-refractivity contribution in [3.8, 4) is 5.69 Å². The van der Waals surface area contributed by atoms with Gasteiger partial charge in [0.15, 0.2) is 0 Å². The van der Waals surface area contributed by atoms with Gasteiger partial charge in [0, 0.05) is 11.2 Å². The van der Waals surface area contributed by atoms with Gasteiger partial charge < -0.3 is 5.11 Å². The smallest absolute Gasteiger partial charge is 0.121 e. The number of rotatable bonds is 3. The fourth-order valence-corrected chi connectivity index (χ4v) is 2.43. The van der Waals surface area contributed by atoms with Gasteiger partial charge in [-0.05, 0) is 42.3 Å². The molecule has 1 heterocycles. The van der Waals surface area contributed by atoms with Gasteiger partial charge in [-0.2, -0.15) is 5.10 Å². The molecule has 0 bridgehead atoms. The van der Waals surface area contributed by atoms with Crippen LogP contribution in [0.3, 0.4) is 0 Å². The Balaban J connectivity index is 2.01. The SMILES string of the molecule is Cc1cc(C(O)c2ccnn2-c2ccccc2)ccc1Cl. The van der Waals surface area contributed by atoms with Gasteiger partial charge in [-0.25, -0.2) is 4.68 Å². The fraction of sp³-hybridized carbons (Fsp3) is 0.118. The summed E-state index contributed by atoms with van der Waals surface area (Å²) in [6, 6.07) is 17.1. The normalized spacial score (nSPS) is 12.3. The van der Waals surface area contributed by atoms with Crippen LogP contribution in [0.5, 0.6) is 0 Å². The quantitative estimate of drug-likeness (QED) is 0.796. The van der Waals surface area contributed by atoms with Crippen molar-refractivity contribution in [2.24, 2.45) is 0 Å². The molecule has 4 heteroatoms. The third-order valence-corrected chi connectivity index (χ3v) is 3.87. The Hall–Kier alpha value is -2.10. The summed E-state index contributed by atoms with van der Waals surface area (Å²) in [5.41, 5.74) is 3.39. The topological polar surface area (TPSA) is 38.1 Å². The third-order valence-electron chi connectivity index (χ3n) is 3.45. The van der Waals surface area contributed by atoms with E-state index in [0.717, 1.165) is 22.5 Å². The first-order chi connectivity index (χ1) is 10.2. The lowest BCUT2D eigenvalue weighted by atomic mass is 10.0. The number of aromatic nitrogens is 2. The summed E-state index contributed by atoms with van der Waals surface area (Å²) >= 11 is 6.04. The van der Waals surface area contributed by atoms with Crippen molar-refractivity contribution < 1.29 is 5.11 Å². The molecule has 3 rings (SSSR count). The summed E-state index contributed by atoms with van der Waals surface area (Å²) in [6.07, 6.45) is 0.942. The zero-order valence-electron chi connectivity index (χ0n) is 11.6. The zero-order chi connectivity index (χ0) is 14.8. The number of hydrogen-bond donors (Lipinski definition) is 1. The molecule has 0 aliphatic carbocycles. The van der Waals surface area contributed by atoms with E-state index in [4.69, 9.17) is 11.6 Å². The summed E-state index contributed by atoms with van der Waals surface area (Å²) in [6.45, 7) is 1.92. The molecule has 1 atom stereocenters. The highest BCUT2D eigenvalue weighted by Gasteiger charge is 2.16. The van der Waals surface area contributed by atoms with Crippen molar-refractivity contribution in [3.63, 3.8) is 0 Å². The molecule has 0 spiro atoms. The lowest BCUT2D eigenvalue weighted by Crippen LogP contribution is -2.08. The van der Waals surface area contributed by atoms with Crippen LogP contribution in [0.25, 0.3) is 5.69 Å². The Kier molecular flexibility index (Phi) is 3.78. The van der Waals surface area contributed by atoms with Crippen LogP contribution >= 0.6 is 11.6 Å². The molecule has 0 aliphatic rings. The van der Waals surface area contributed by atoms with E-state index in [1.54, 1.807) is 16.9 Å². The van der Waals surface area contributed by atoms with E-state index in [1.807, 2.05) is 55.5 Å². The Morgan fingerprint density at radius 1 is 1.10 bits per heavy atom. The number of aryl methyl sites for hydroxylation is 1. The van der Waals surface area contributed by atoms with Gasteiger partial charge in [-0.1, -0.05) is 41.9 Å². The Morgan fingerprint density at radius 3 is 2.57 bits per heavy atom. The van der Waals surface area contributed by atoms with Crippen molar-refractivity contribution in [3.05, 3.63) is 82.6 Å². The van der Waals surface area contributed by atoms with E-state index in [2.05, 4.69) is 5.10 Å². The molecule has 1 aromatic heterocycles. The number of hydrogen-bond acceptors (Lipinski definition) is 2. The number of benzene rings is 2. The van der Waals surface area contributed by atoms with Gasteiger partial charge in [-0.3, -0.25) is 0 Å². The van der Waals surface area contributed by atoms with Crippen LogP contribution in [0.2, 0.25) is 5.02 Å². The molecule has 0 aliphatic heterocycles. The molecule has 1 unspecified atom stereocenters. The highest BCUT2D eigenvalue weighted by molar-refractivity contribution is 6.31. The molecule has 3 aromatic rings. The second kappa shape index (κ2) is 5.72. The number of aliphatic hydroxyl groups excluding tert-OH is 1. The first-order valence-electron chi connectivity index (χ1n) is 6.70. The Morgan fingerprint density at radius 2 is 1.86 bits per heavy atom. The molecule has 21 heavy (non-hydrogen) atoms. The highest BCUT2D eigenvalue weighted by Crippen LogP contribution is 2.26. The van der Waals surface area contributed by atoms with E-state index in [-0.39, 0.29) is 0 Å². The number of halogens is 1. The summed E-state index contributed by atoms with van der Waals surface area (Å²) in [7, 11) is 0. The summed E-state index contributed by atoms with van der Waals surface area (Å²) < 4.78 is 1.74. The van der Waals surface area contributed by atoms with Crippen molar-refractivity contribution >= 4 is 11.6 Å². The average molecular weight is 299 g/mol. The standard InChI is InChI=1S/C17H15ClN2O/c1-12-11-13(7-8-15(12)18)17(21)16-9-10-19-20(16)14-5-3-2-4-6-14/h2-11,17,21H,1H3. The van der Waals surface area contributed by atoms with E-state index >= 15 is 0 Å². The monoisotopic (exact) mass is 298 g/mol. The maximum atomic E-state index is 10.6. The minimum Gasteiger partial charge on any atom is -0.382 e. The molecule has 0 amide bonds. The molecule has 1 N–H and O–H groups in total. The summed E-state index contributed by atoms with van der Waals surface area (Å²) in [5, 5.41) is 15.6. The second-order valence-corrected chi connectivity index (χ2v) is 5.32. The first-order valence-corrected chi connectivity index (χ1v) is 7.08. The molecule has 0 saturated heterocycles. The van der Waals surface area contributed by atoms with Crippen molar-refractivity contribution in [1.29, 1.82) is 0 Å². The third kappa shape index (κ3) is 2.71. The van der Waals surface area contributed by atoms with Crippen molar-refractivity contribution in [2.45, 2.75) is 13.0 Å². The molecular weight excluding hydrogens is 284 g/mol. The molecule has 106 valence electrons. The maximum Gasteiger partial charge on any atom is 0.121 e. The van der Waals surface area contributed by atoms with Gasteiger partial charge in [0.1, 0.15) is 6.10 Å². The molecule has 2 aromatic carbocycles. The van der Waals surface area contributed by atoms with Crippen LogP contribution in [0.1, 0.15) is 22.9 Å². The number of para-hydroxylation sites is 1. The lowest BCUT2D eigenvalue weighted by Gasteiger charge is -2.14. The number of aliphatic hydroxyl groups is 1. The minimum absolute atomic E-state index is 0.697. The maximum absolute atomic E-state index is 10.6. The van der Waals surface area contributed by atoms with Crippen LogP contribution in [0.4, 0.5) is 0 Å². The van der Waals surface area contributed by atoms with E-state index in [9.17, 15) is 5.11 Å². The molecular formula is C17H15ClN2O. The van der Waals surface area contributed by atoms with E-state index in [1.165, 1.54) is 0 Å². The molecule has 0 saturated carbocycles. The van der Waals surface area contributed by atoms with Gasteiger partial charge in [0.05, 0.1) is 11.4 Å². The predicted molar refractivity (Wildman–Crippen MR) is 83.8 cm³/mol. The molecule has 0 fully saturated rings. The van der Waals surface area contributed by atoms with Crippen LogP contribution in [-0.2, 0) is 0 Å². The Bertz CT molecular complexity index is 752. The predicted octanol–water partition coefficient (Wildman–Crippen LogP) is 3.92. The van der Waals surface area contributed by atoms with Gasteiger partial charge in [0.25, 0.3) is 0 Å².